The van der Waals surface area contributed by atoms with Gasteiger partial charge in [-0.3, -0.25) is 0 Å². The van der Waals surface area contributed by atoms with Gasteiger partial charge in [0.15, 0.2) is 9.84 Å². The van der Waals surface area contributed by atoms with Gasteiger partial charge >= 0.3 is 0 Å². The second kappa shape index (κ2) is 6.36. The van der Waals surface area contributed by atoms with Crippen LogP contribution < -0.4 is 5.32 Å². The van der Waals surface area contributed by atoms with Gasteiger partial charge in [-0.1, -0.05) is 6.07 Å². The molecule has 0 spiro atoms. The first-order valence-corrected chi connectivity index (χ1v) is 9.48. The Bertz CT molecular complexity index is 588. The number of sulfone groups is 1. The molecule has 1 aliphatic rings. The Morgan fingerprint density at radius 1 is 1.24 bits per heavy atom. The molecule has 1 aromatic carbocycles. The second-order valence-corrected chi connectivity index (χ2v) is 8.31. The molecule has 1 N–H and O–H groups in total. The Kier molecular flexibility index (Phi) is 4.94. The van der Waals surface area contributed by atoms with E-state index in [0.29, 0.717) is 17.0 Å². The molecule has 0 unspecified atom stereocenters. The monoisotopic (exact) mass is 310 g/mol. The van der Waals surface area contributed by atoms with E-state index in [1.807, 2.05) is 13.0 Å². The summed E-state index contributed by atoms with van der Waals surface area (Å²) in [4.78, 5) is 2.87. The van der Waals surface area contributed by atoms with E-state index in [-0.39, 0.29) is 0 Å². The lowest BCUT2D eigenvalue weighted by atomic mass is 10.0. The van der Waals surface area contributed by atoms with Crippen molar-refractivity contribution < 1.29 is 8.42 Å². The van der Waals surface area contributed by atoms with Gasteiger partial charge in [-0.15, -0.1) is 0 Å². The lowest BCUT2D eigenvalue weighted by molar-refractivity contribution is 0.177. The summed E-state index contributed by atoms with van der Waals surface area (Å²) in [7, 11) is -3.15. The number of rotatable bonds is 4. The summed E-state index contributed by atoms with van der Waals surface area (Å²) in [6, 6.07) is 6.34. The van der Waals surface area contributed by atoms with Gasteiger partial charge < -0.3 is 10.2 Å². The van der Waals surface area contributed by atoms with Crippen LogP contribution in [0.4, 0.5) is 5.69 Å². The Morgan fingerprint density at radius 2 is 1.86 bits per heavy atom. The molecule has 1 saturated heterocycles. The zero-order chi connectivity index (χ0) is 15.6. The first kappa shape index (κ1) is 16.3. The van der Waals surface area contributed by atoms with Gasteiger partial charge in [0.05, 0.1) is 4.90 Å². The van der Waals surface area contributed by atoms with Crippen LogP contribution in [0.15, 0.2) is 23.1 Å². The number of hydrogen-bond acceptors (Lipinski definition) is 4. The third-order valence-electron chi connectivity index (χ3n) is 4.26. The molecule has 1 aliphatic heterocycles. The maximum atomic E-state index is 11.7. The van der Waals surface area contributed by atoms with Crippen LogP contribution in [-0.2, 0) is 9.84 Å². The van der Waals surface area contributed by atoms with Crippen molar-refractivity contribution in [2.75, 3.05) is 24.7 Å². The largest absolute Gasteiger partial charge is 0.382 e. The standard InChI is InChI=1S/C16H26N2O2S/c1-12(2)18-9-7-14(8-10-18)17-16-11-15(21(4,19)20)6-5-13(16)3/h5-6,11-12,14,17H,7-10H2,1-4H3. The molecule has 1 heterocycles. The molecule has 4 nitrogen and oxygen atoms in total. The van der Waals surface area contributed by atoms with Crippen molar-refractivity contribution in [3.05, 3.63) is 23.8 Å². The van der Waals surface area contributed by atoms with Crippen molar-refractivity contribution in [1.29, 1.82) is 0 Å². The molecule has 0 atom stereocenters. The number of hydrogen-bond donors (Lipinski definition) is 1. The predicted molar refractivity (Wildman–Crippen MR) is 87.6 cm³/mol. The summed E-state index contributed by atoms with van der Waals surface area (Å²) in [6.45, 7) is 8.67. The third-order valence-corrected chi connectivity index (χ3v) is 5.37. The highest BCUT2D eigenvalue weighted by atomic mass is 32.2. The molecule has 0 amide bonds. The first-order valence-electron chi connectivity index (χ1n) is 7.58. The summed E-state index contributed by atoms with van der Waals surface area (Å²) in [5.41, 5.74) is 2.04. The minimum absolute atomic E-state index is 0.384. The van der Waals surface area contributed by atoms with Crippen molar-refractivity contribution in [2.45, 2.75) is 50.6 Å². The molecular weight excluding hydrogens is 284 g/mol. The van der Waals surface area contributed by atoms with Gasteiger partial charge in [-0.05, 0) is 51.3 Å². The quantitative estimate of drug-likeness (QED) is 0.929. The summed E-state index contributed by atoms with van der Waals surface area (Å²) < 4.78 is 23.3. The van der Waals surface area contributed by atoms with Crippen LogP contribution in [-0.4, -0.2) is 44.7 Å². The van der Waals surface area contributed by atoms with Crippen LogP contribution in [0.1, 0.15) is 32.3 Å². The molecule has 5 heteroatoms. The molecule has 1 fully saturated rings. The van der Waals surface area contributed by atoms with Crippen LogP contribution in [0.3, 0.4) is 0 Å². The van der Waals surface area contributed by atoms with Crippen molar-refractivity contribution in [3.8, 4) is 0 Å². The molecule has 0 bridgehead atoms. The fourth-order valence-electron chi connectivity index (χ4n) is 2.77. The van der Waals surface area contributed by atoms with E-state index in [1.54, 1.807) is 12.1 Å². The van der Waals surface area contributed by atoms with Crippen LogP contribution in [0.2, 0.25) is 0 Å². The van der Waals surface area contributed by atoms with Gasteiger partial charge in [0.25, 0.3) is 0 Å². The molecule has 0 aliphatic carbocycles. The average Bonchev–Trinajstić information content (AvgIpc) is 2.40. The van der Waals surface area contributed by atoms with Crippen LogP contribution in [0, 0.1) is 6.92 Å². The van der Waals surface area contributed by atoms with Gasteiger partial charge in [0, 0.05) is 37.1 Å². The summed E-state index contributed by atoms with van der Waals surface area (Å²) in [5.74, 6) is 0. The Balaban J connectivity index is 2.07. The van der Waals surface area contributed by atoms with Gasteiger partial charge in [-0.2, -0.15) is 0 Å². The first-order chi connectivity index (χ1) is 9.77. The molecule has 0 aromatic heterocycles. The lowest BCUT2D eigenvalue weighted by Crippen LogP contribution is -2.42. The average molecular weight is 310 g/mol. The molecule has 21 heavy (non-hydrogen) atoms. The molecule has 118 valence electrons. The fraction of sp³-hybridized carbons (Fsp3) is 0.625. The zero-order valence-corrected chi connectivity index (χ0v) is 14.2. The number of aryl methyl sites for hydroxylation is 1. The van der Waals surface area contributed by atoms with Crippen LogP contribution in [0.25, 0.3) is 0 Å². The number of benzene rings is 1. The van der Waals surface area contributed by atoms with E-state index in [1.165, 1.54) is 6.26 Å². The van der Waals surface area contributed by atoms with Crippen LogP contribution >= 0.6 is 0 Å². The van der Waals surface area contributed by atoms with E-state index in [9.17, 15) is 8.42 Å². The van der Waals surface area contributed by atoms with E-state index in [2.05, 4.69) is 24.1 Å². The normalized spacial score (nSPS) is 18.1. The molecule has 1 aromatic rings. The van der Waals surface area contributed by atoms with Gasteiger partial charge in [-0.25, -0.2) is 8.42 Å². The number of anilines is 1. The topological polar surface area (TPSA) is 49.4 Å². The number of piperidine rings is 1. The summed E-state index contributed by atoms with van der Waals surface area (Å²) in [5, 5.41) is 3.53. The Morgan fingerprint density at radius 3 is 2.38 bits per heavy atom. The summed E-state index contributed by atoms with van der Waals surface area (Å²) in [6.07, 6.45) is 3.45. The van der Waals surface area contributed by atoms with E-state index < -0.39 is 9.84 Å². The fourth-order valence-corrected chi connectivity index (χ4v) is 3.41. The minimum atomic E-state index is -3.15. The van der Waals surface area contributed by atoms with Gasteiger partial charge in [0.2, 0.25) is 0 Å². The molecule has 0 saturated carbocycles. The SMILES string of the molecule is Cc1ccc(S(C)(=O)=O)cc1NC1CCN(C(C)C)CC1. The van der Waals surface area contributed by atoms with E-state index in [0.717, 1.165) is 37.2 Å². The predicted octanol–water partition coefficient (Wildman–Crippen LogP) is 2.68. The molecular formula is C16H26N2O2S. The Hall–Kier alpha value is -1.07. The maximum Gasteiger partial charge on any atom is 0.175 e. The zero-order valence-electron chi connectivity index (χ0n) is 13.4. The smallest absolute Gasteiger partial charge is 0.175 e. The summed E-state index contributed by atoms with van der Waals surface area (Å²) >= 11 is 0. The number of nitrogens with one attached hydrogen (secondary N) is 1. The van der Waals surface area contributed by atoms with Crippen LogP contribution in [0.5, 0.6) is 0 Å². The second-order valence-electron chi connectivity index (χ2n) is 6.30. The Labute approximate surface area is 128 Å². The van der Waals surface area contributed by atoms with Gasteiger partial charge in [0.1, 0.15) is 0 Å². The van der Waals surface area contributed by atoms with Crippen molar-refractivity contribution >= 4 is 15.5 Å². The van der Waals surface area contributed by atoms with E-state index in [4.69, 9.17) is 0 Å². The van der Waals surface area contributed by atoms with Crippen molar-refractivity contribution in [1.82, 2.24) is 4.90 Å². The molecule has 0 radical (unpaired) electrons. The number of likely N-dealkylation sites (tertiary alicyclic amines) is 1. The lowest BCUT2D eigenvalue weighted by Gasteiger charge is -2.35. The minimum Gasteiger partial charge on any atom is -0.382 e. The van der Waals surface area contributed by atoms with Crippen molar-refractivity contribution in [3.63, 3.8) is 0 Å². The van der Waals surface area contributed by atoms with E-state index >= 15 is 0 Å². The highest BCUT2D eigenvalue weighted by molar-refractivity contribution is 7.90. The third kappa shape index (κ3) is 4.20. The highest BCUT2D eigenvalue weighted by Crippen LogP contribution is 2.24. The number of nitrogens with zero attached hydrogens (tertiary/aromatic N) is 1. The maximum absolute atomic E-state index is 11.7. The highest BCUT2D eigenvalue weighted by Gasteiger charge is 2.21. The molecule has 2 rings (SSSR count). The van der Waals surface area contributed by atoms with Crippen molar-refractivity contribution in [2.24, 2.45) is 0 Å².